The lowest BCUT2D eigenvalue weighted by Crippen LogP contribution is -2.51. The molecule has 0 radical (unpaired) electrons. The zero-order chi connectivity index (χ0) is 16.9. The maximum Gasteiger partial charge on any atom is 0.327 e. The summed E-state index contributed by atoms with van der Waals surface area (Å²) in [6.07, 6.45) is 0. The summed E-state index contributed by atoms with van der Waals surface area (Å²) in [7, 11) is 0. The lowest BCUT2D eigenvalue weighted by Gasteiger charge is -2.33. The van der Waals surface area contributed by atoms with Crippen molar-refractivity contribution in [2.75, 3.05) is 0 Å². The Bertz CT molecular complexity index is 793. The molecule has 0 saturated heterocycles. The summed E-state index contributed by atoms with van der Waals surface area (Å²) in [5.41, 5.74) is -0.230. The van der Waals surface area contributed by atoms with Crippen LogP contribution in [0.3, 0.4) is 0 Å². The number of aliphatic carboxylic acids is 1. The van der Waals surface area contributed by atoms with Gasteiger partial charge in [-0.3, -0.25) is 14.5 Å². The standard InChI is InChI=1S/C18H17NO4/c1-18(2,3)14(17(22)23)19-15(20)12-8-10-6-4-5-7-11(10)9-13(12)16(19)21/h4-9,14H,1-3H3,(H,22,23). The van der Waals surface area contributed by atoms with Crippen LogP contribution in [0.1, 0.15) is 41.5 Å². The van der Waals surface area contributed by atoms with Crippen LogP contribution in [0.2, 0.25) is 0 Å². The van der Waals surface area contributed by atoms with Gasteiger partial charge >= 0.3 is 5.97 Å². The van der Waals surface area contributed by atoms with E-state index < -0.39 is 29.2 Å². The molecule has 23 heavy (non-hydrogen) atoms. The van der Waals surface area contributed by atoms with Gasteiger partial charge in [-0.05, 0) is 28.3 Å². The van der Waals surface area contributed by atoms with Crippen LogP contribution in [0.4, 0.5) is 0 Å². The molecule has 0 fully saturated rings. The van der Waals surface area contributed by atoms with Gasteiger partial charge in [0, 0.05) is 0 Å². The fourth-order valence-corrected chi connectivity index (χ4v) is 3.05. The molecule has 1 heterocycles. The molecule has 0 saturated carbocycles. The van der Waals surface area contributed by atoms with Gasteiger partial charge in [-0.15, -0.1) is 0 Å². The predicted octanol–water partition coefficient (Wildman–Crippen LogP) is 2.94. The van der Waals surface area contributed by atoms with Crippen molar-refractivity contribution in [2.24, 2.45) is 5.41 Å². The van der Waals surface area contributed by atoms with Gasteiger partial charge in [0.1, 0.15) is 6.04 Å². The van der Waals surface area contributed by atoms with Gasteiger partial charge in [0.25, 0.3) is 11.8 Å². The first-order chi connectivity index (χ1) is 10.7. The molecule has 1 aliphatic heterocycles. The number of nitrogens with zero attached hydrogens (tertiary/aromatic N) is 1. The smallest absolute Gasteiger partial charge is 0.327 e. The Morgan fingerprint density at radius 2 is 1.43 bits per heavy atom. The normalized spacial score (nSPS) is 15.9. The topological polar surface area (TPSA) is 74.7 Å². The lowest BCUT2D eigenvalue weighted by molar-refractivity contribution is -0.145. The third-order valence-corrected chi connectivity index (χ3v) is 4.10. The summed E-state index contributed by atoms with van der Waals surface area (Å²) in [6.45, 7) is 5.10. The number of imide groups is 1. The van der Waals surface area contributed by atoms with Crippen molar-refractivity contribution in [1.82, 2.24) is 4.90 Å². The molecule has 3 rings (SSSR count). The van der Waals surface area contributed by atoms with E-state index in [4.69, 9.17) is 0 Å². The van der Waals surface area contributed by atoms with E-state index in [2.05, 4.69) is 0 Å². The highest BCUT2D eigenvalue weighted by atomic mass is 16.4. The third kappa shape index (κ3) is 2.29. The van der Waals surface area contributed by atoms with E-state index in [0.29, 0.717) is 0 Å². The van der Waals surface area contributed by atoms with Gasteiger partial charge in [0.05, 0.1) is 11.1 Å². The van der Waals surface area contributed by atoms with Crippen molar-refractivity contribution in [2.45, 2.75) is 26.8 Å². The Hall–Kier alpha value is -2.69. The van der Waals surface area contributed by atoms with E-state index in [9.17, 15) is 19.5 Å². The SMILES string of the molecule is CC(C)(C)C(C(=O)O)N1C(=O)c2cc3ccccc3cc2C1=O. The Kier molecular flexibility index (Phi) is 3.25. The van der Waals surface area contributed by atoms with Crippen molar-refractivity contribution in [1.29, 1.82) is 0 Å². The molecule has 5 nitrogen and oxygen atoms in total. The zero-order valence-electron chi connectivity index (χ0n) is 13.2. The van der Waals surface area contributed by atoms with Gasteiger partial charge in [-0.1, -0.05) is 45.0 Å². The quantitative estimate of drug-likeness (QED) is 0.865. The highest BCUT2D eigenvalue weighted by Gasteiger charge is 2.47. The van der Waals surface area contributed by atoms with Crippen molar-refractivity contribution in [3.8, 4) is 0 Å². The minimum atomic E-state index is -1.21. The van der Waals surface area contributed by atoms with Crippen LogP contribution >= 0.6 is 0 Å². The molecule has 0 spiro atoms. The maximum absolute atomic E-state index is 12.7. The molecule has 1 N–H and O–H groups in total. The molecule has 2 aromatic carbocycles. The second-order valence-corrected chi connectivity index (χ2v) is 6.83. The van der Waals surface area contributed by atoms with Crippen LogP contribution in [0.15, 0.2) is 36.4 Å². The molecule has 1 atom stereocenters. The number of amides is 2. The number of benzene rings is 2. The van der Waals surface area contributed by atoms with E-state index in [-0.39, 0.29) is 11.1 Å². The number of hydrogen-bond donors (Lipinski definition) is 1. The largest absolute Gasteiger partial charge is 0.480 e. The van der Waals surface area contributed by atoms with Crippen molar-refractivity contribution in [3.63, 3.8) is 0 Å². The van der Waals surface area contributed by atoms with Gasteiger partial charge in [0.2, 0.25) is 0 Å². The second kappa shape index (κ2) is 4.91. The number of rotatable bonds is 2. The highest BCUT2D eigenvalue weighted by Crippen LogP contribution is 2.34. The summed E-state index contributed by atoms with van der Waals surface area (Å²) in [5.74, 6) is -2.27. The summed E-state index contributed by atoms with van der Waals surface area (Å²) < 4.78 is 0. The molecule has 0 aliphatic carbocycles. The maximum atomic E-state index is 12.7. The Morgan fingerprint density at radius 3 is 1.78 bits per heavy atom. The monoisotopic (exact) mass is 311 g/mol. The van der Waals surface area contributed by atoms with Crippen LogP contribution in [0, 0.1) is 5.41 Å². The number of hydrogen-bond acceptors (Lipinski definition) is 3. The molecule has 5 heteroatoms. The van der Waals surface area contributed by atoms with Gasteiger partial charge in [-0.25, -0.2) is 4.79 Å². The van der Waals surface area contributed by atoms with Gasteiger partial charge in [0.15, 0.2) is 0 Å². The lowest BCUT2D eigenvalue weighted by atomic mass is 9.85. The van der Waals surface area contributed by atoms with E-state index >= 15 is 0 Å². The molecule has 0 aromatic heterocycles. The van der Waals surface area contributed by atoms with E-state index in [1.54, 1.807) is 32.9 Å². The molecule has 2 aromatic rings. The average molecular weight is 311 g/mol. The molecule has 1 aliphatic rings. The predicted molar refractivity (Wildman–Crippen MR) is 85.3 cm³/mol. The number of carboxylic acid groups (broad SMARTS) is 1. The average Bonchev–Trinajstić information content (AvgIpc) is 2.69. The number of fused-ring (bicyclic) bond motifs is 2. The van der Waals surface area contributed by atoms with Crippen LogP contribution in [-0.4, -0.2) is 33.8 Å². The van der Waals surface area contributed by atoms with Crippen molar-refractivity contribution in [3.05, 3.63) is 47.5 Å². The van der Waals surface area contributed by atoms with Crippen molar-refractivity contribution < 1.29 is 19.5 Å². The first kappa shape index (κ1) is 15.2. The molecule has 118 valence electrons. The van der Waals surface area contributed by atoms with Crippen LogP contribution in [-0.2, 0) is 4.79 Å². The molecule has 0 bridgehead atoms. The highest BCUT2D eigenvalue weighted by molar-refractivity contribution is 6.24. The summed E-state index contributed by atoms with van der Waals surface area (Å²) in [4.78, 5) is 37.9. The molecule has 2 amide bonds. The van der Waals surface area contributed by atoms with Crippen LogP contribution < -0.4 is 0 Å². The second-order valence-electron chi connectivity index (χ2n) is 6.83. The third-order valence-electron chi connectivity index (χ3n) is 4.10. The first-order valence-electron chi connectivity index (χ1n) is 7.35. The summed E-state index contributed by atoms with van der Waals surface area (Å²) in [6, 6.07) is 9.52. The van der Waals surface area contributed by atoms with Gasteiger partial charge < -0.3 is 5.11 Å². The zero-order valence-corrected chi connectivity index (χ0v) is 13.2. The summed E-state index contributed by atoms with van der Waals surface area (Å²) in [5, 5.41) is 11.2. The molecular weight excluding hydrogens is 294 g/mol. The number of carbonyl (C=O) groups is 3. The van der Waals surface area contributed by atoms with E-state index in [0.717, 1.165) is 15.7 Å². The van der Waals surface area contributed by atoms with Crippen LogP contribution in [0.5, 0.6) is 0 Å². The number of carboxylic acids is 1. The summed E-state index contributed by atoms with van der Waals surface area (Å²) >= 11 is 0. The Morgan fingerprint density at radius 1 is 1.00 bits per heavy atom. The minimum Gasteiger partial charge on any atom is -0.480 e. The van der Waals surface area contributed by atoms with Gasteiger partial charge in [-0.2, -0.15) is 0 Å². The van der Waals surface area contributed by atoms with Crippen molar-refractivity contribution >= 4 is 28.6 Å². The Labute approximate surface area is 133 Å². The fraction of sp³-hybridized carbons (Fsp3) is 0.278. The molecular formula is C18H17NO4. The molecule has 1 unspecified atom stereocenters. The van der Waals surface area contributed by atoms with E-state index in [1.807, 2.05) is 24.3 Å². The fourth-order valence-electron chi connectivity index (χ4n) is 3.05. The first-order valence-corrected chi connectivity index (χ1v) is 7.35. The van der Waals surface area contributed by atoms with E-state index in [1.165, 1.54) is 0 Å². The number of carbonyl (C=O) groups excluding carboxylic acids is 2. The van der Waals surface area contributed by atoms with Crippen LogP contribution in [0.25, 0.3) is 10.8 Å². The Balaban J connectivity index is 2.17. The minimum absolute atomic E-state index is 0.268.